The zero-order chi connectivity index (χ0) is 57.2. The predicted octanol–water partition coefficient (Wildman–Crippen LogP) is 22.6. The molecule has 0 aliphatic heterocycles. The summed E-state index contributed by atoms with van der Waals surface area (Å²) in [7, 11) is 4.36. The maximum atomic E-state index is 2.35. The molecule has 2 aromatic heterocycles. The molecule has 0 aliphatic carbocycles. The number of fused-ring (bicyclic) bond motifs is 9. The molecule has 0 spiro atoms. The first-order chi connectivity index (χ1) is 42.4. The lowest BCUT2D eigenvalue weighted by Gasteiger charge is -2.27. The Balaban J connectivity index is 0.642. The lowest BCUT2D eigenvalue weighted by atomic mass is 9.98. The van der Waals surface area contributed by atoms with E-state index >= 15 is 0 Å². The molecule has 2 heterocycles. The van der Waals surface area contributed by atoms with Crippen molar-refractivity contribution < 1.29 is 0 Å². The Morgan fingerprint density at radius 2 is 0.558 bits per heavy atom. The van der Waals surface area contributed by atoms with Crippen molar-refractivity contribution in [3.05, 3.63) is 315 Å². The SMILES string of the molecule is Cn1c2cc(-c3ccc(-c4ccc(N(c5ccccc5)c5cccc(-c6ccc(N(c7ccccc7)c7ccc(-c8ccc(-c9ccc%10c%11c%12ccccc%12ccc%11n(C)c%10c9)cc8)cc7)cc6)c5)cc4)cc3)ccc2c2cc3ccccc3cc21. The van der Waals surface area contributed by atoms with E-state index in [1.807, 2.05) is 0 Å². The number of aromatic nitrogens is 2. The number of nitrogens with zero attached hydrogens (tertiary/aromatic N) is 4. The van der Waals surface area contributed by atoms with Gasteiger partial charge >= 0.3 is 0 Å². The predicted molar refractivity (Wildman–Crippen MR) is 366 cm³/mol. The van der Waals surface area contributed by atoms with Crippen LogP contribution in [0.25, 0.3) is 121 Å². The Labute approximate surface area is 500 Å². The summed E-state index contributed by atoms with van der Waals surface area (Å²) in [6, 6.07) is 115. The normalized spacial score (nSPS) is 11.6. The summed E-state index contributed by atoms with van der Waals surface area (Å²) in [5, 5.41) is 10.3. The Bertz CT molecular complexity index is 5200. The molecular weight excluding hydrogens is 1040 g/mol. The van der Waals surface area contributed by atoms with Crippen molar-refractivity contribution >= 4 is 99.3 Å². The third-order valence-corrected chi connectivity index (χ3v) is 17.7. The molecule has 4 nitrogen and oxygen atoms in total. The Kier molecular flexibility index (Phi) is 12.3. The highest BCUT2D eigenvalue weighted by molar-refractivity contribution is 6.21. The second-order valence-electron chi connectivity index (χ2n) is 22.7. The van der Waals surface area contributed by atoms with Crippen LogP contribution in [0.1, 0.15) is 0 Å². The average molecular weight is 1100 g/mol. The smallest absolute Gasteiger partial charge is 0.0495 e. The highest BCUT2D eigenvalue weighted by Crippen LogP contribution is 2.42. The van der Waals surface area contributed by atoms with Crippen LogP contribution in [0.3, 0.4) is 0 Å². The molecule has 0 aliphatic rings. The summed E-state index contributed by atoms with van der Waals surface area (Å²) < 4.78 is 4.66. The molecule has 4 heteroatoms. The molecule has 16 aromatic rings. The first-order valence-electron chi connectivity index (χ1n) is 29.6. The number of benzene rings is 14. The van der Waals surface area contributed by atoms with Gasteiger partial charge < -0.3 is 18.9 Å². The summed E-state index contributed by atoms with van der Waals surface area (Å²) in [6.07, 6.45) is 0. The van der Waals surface area contributed by atoms with Crippen molar-refractivity contribution in [2.24, 2.45) is 14.1 Å². The topological polar surface area (TPSA) is 16.3 Å². The Hall–Kier alpha value is -11.2. The van der Waals surface area contributed by atoms with Gasteiger partial charge in [0, 0.05) is 91.8 Å². The summed E-state index contributed by atoms with van der Waals surface area (Å²) >= 11 is 0. The highest BCUT2D eigenvalue weighted by Gasteiger charge is 2.18. The van der Waals surface area contributed by atoms with Crippen molar-refractivity contribution in [2.45, 2.75) is 0 Å². The molecular formula is C82H58N4. The van der Waals surface area contributed by atoms with Gasteiger partial charge in [0.15, 0.2) is 0 Å². The fraction of sp³-hybridized carbons (Fsp3) is 0.0244. The summed E-state index contributed by atoms with van der Waals surface area (Å²) in [6.45, 7) is 0. The maximum Gasteiger partial charge on any atom is 0.0495 e. The molecule has 0 amide bonds. The molecule has 0 unspecified atom stereocenters. The van der Waals surface area contributed by atoms with E-state index in [4.69, 9.17) is 0 Å². The first-order valence-corrected chi connectivity index (χ1v) is 29.6. The van der Waals surface area contributed by atoms with Gasteiger partial charge in [-0.15, -0.1) is 0 Å². The maximum absolute atomic E-state index is 2.35. The zero-order valence-electron chi connectivity index (χ0n) is 47.8. The van der Waals surface area contributed by atoms with Crippen LogP contribution in [-0.2, 0) is 14.1 Å². The van der Waals surface area contributed by atoms with Gasteiger partial charge in [0.1, 0.15) is 0 Å². The van der Waals surface area contributed by atoms with E-state index in [1.54, 1.807) is 0 Å². The minimum absolute atomic E-state index is 1.08. The molecule has 0 atom stereocenters. The minimum atomic E-state index is 1.08. The third kappa shape index (κ3) is 8.86. The fourth-order valence-electron chi connectivity index (χ4n) is 13.2. The van der Waals surface area contributed by atoms with Crippen LogP contribution in [0.2, 0.25) is 0 Å². The second kappa shape index (κ2) is 20.9. The second-order valence-corrected chi connectivity index (χ2v) is 22.7. The fourth-order valence-corrected chi connectivity index (χ4v) is 13.2. The summed E-state index contributed by atoms with van der Waals surface area (Å²) in [5.74, 6) is 0. The minimum Gasteiger partial charge on any atom is -0.344 e. The van der Waals surface area contributed by atoms with Crippen LogP contribution in [0.5, 0.6) is 0 Å². The molecule has 86 heavy (non-hydrogen) atoms. The monoisotopic (exact) mass is 1100 g/mol. The van der Waals surface area contributed by atoms with E-state index in [9.17, 15) is 0 Å². The van der Waals surface area contributed by atoms with E-state index in [0.29, 0.717) is 0 Å². The molecule has 0 saturated carbocycles. The molecule has 0 N–H and O–H groups in total. The van der Waals surface area contributed by atoms with Crippen LogP contribution in [-0.4, -0.2) is 9.13 Å². The molecule has 0 radical (unpaired) electrons. The number of anilines is 6. The van der Waals surface area contributed by atoms with Gasteiger partial charge in [-0.05, 0) is 180 Å². The van der Waals surface area contributed by atoms with Gasteiger partial charge in [-0.3, -0.25) is 0 Å². The zero-order valence-corrected chi connectivity index (χ0v) is 47.8. The number of hydrogen-bond acceptors (Lipinski definition) is 2. The Morgan fingerprint density at radius 3 is 1.09 bits per heavy atom. The van der Waals surface area contributed by atoms with Crippen molar-refractivity contribution in [2.75, 3.05) is 9.80 Å². The van der Waals surface area contributed by atoms with E-state index < -0.39 is 0 Å². The van der Waals surface area contributed by atoms with Crippen LogP contribution >= 0.6 is 0 Å². The van der Waals surface area contributed by atoms with Crippen molar-refractivity contribution in [3.8, 4) is 55.6 Å². The molecule has 0 fully saturated rings. The van der Waals surface area contributed by atoms with Crippen LogP contribution < -0.4 is 9.80 Å². The lowest BCUT2D eigenvalue weighted by molar-refractivity contribution is 1.01. The van der Waals surface area contributed by atoms with Gasteiger partial charge in [-0.1, -0.05) is 212 Å². The largest absolute Gasteiger partial charge is 0.344 e. The highest BCUT2D eigenvalue weighted by atomic mass is 15.1. The van der Waals surface area contributed by atoms with Crippen molar-refractivity contribution in [1.29, 1.82) is 0 Å². The molecule has 406 valence electrons. The Morgan fingerprint density at radius 1 is 0.198 bits per heavy atom. The van der Waals surface area contributed by atoms with E-state index in [-0.39, 0.29) is 0 Å². The molecule has 16 rings (SSSR count). The molecule has 0 saturated heterocycles. The summed E-state index contributed by atoms with van der Waals surface area (Å²) in [5.41, 5.74) is 23.3. The van der Waals surface area contributed by atoms with E-state index in [2.05, 4.69) is 348 Å². The van der Waals surface area contributed by atoms with Gasteiger partial charge in [0.25, 0.3) is 0 Å². The average Bonchev–Trinajstić information content (AvgIpc) is 4.28. The number of para-hydroxylation sites is 2. The molecule has 0 bridgehead atoms. The number of hydrogen-bond donors (Lipinski definition) is 0. The quantitative estimate of drug-likeness (QED) is 0.128. The van der Waals surface area contributed by atoms with Crippen molar-refractivity contribution in [1.82, 2.24) is 9.13 Å². The third-order valence-electron chi connectivity index (χ3n) is 17.7. The van der Waals surface area contributed by atoms with Gasteiger partial charge in [0.05, 0.1) is 0 Å². The van der Waals surface area contributed by atoms with Crippen LogP contribution in [0, 0.1) is 0 Å². The van der Waals surface area contributed by atoms with E-state index in [0.717, 1.165) is 45.3 Å². The lowest BCUT2D eigenvalue weighted by Crippen LogP contribution is -2.10. The number of rotatable bonds is 11. The first kappa shape index (κ1) is 50.5. The molecule has 14 aromatic carbocycles. The van der Waals surface area contributed by atoms with Gasteiger partial charge in [-0.25, -0.2) is 0 Å². The summed E-state index contributed by atoms with van der Waals surface area (Å²) in [4.78, 5) is 4.68. The van der Waals surface area contributed by atoms with Gasteiger partial charge in [-0.2, -0.15) is 0 Å². The van der Waals surface area contributed by atoms with Crippen LogP contribution in [0.4, 0.5) is 34.1 Å². The standard InChI is InChI=1S/C82H58N4/c1-83-78-49-40-62-14-11-12-23-74(62)82(78)76-48-39-67(54-80(76)83)60-30-26-55(27-31-60)57-32-41-70(42-33-57)85(68-18-5-3-6-19-68)71-45-36-61(37-46-71)63-17-13-22-73(50-63)86(69-20-7-4-8-21-69)72-43-34-58(35-44-72)56-24-28-59(29-25-56)66-38-47-75-77-51-64-15-9-10-16-65(64)52-81(77)84(2)79(75)53-66/h3-54H,1-2H3. The number of aryl methyl sites for hydroxylation is 2. The van der Waals surface area contributed by atoms with E-state index in [1.165, 1.54) is 110 Å². The van der Waals surface area contributed by atoms with Crippen LogP contribution in [0.15, 0.2) is 315 Å². The van der Waals surface area contributed by atoms with Gasteiger partial charge in [0.2, 0.25) is 0 Å². The van der Waals surface area contributed by atoms with Crippen molar-refractivity contribution in [3.63, 3.8) is 0 Å².